The summed E-state index contributed by atoms with van der Waals surface area (Å²) in [5, 5.41) is 0. The third kappa shape index (κ3) is 4.42. The van der Waals surface area contributed by atoms with Crippen molar-refractivity contribution < 1.29 is 17.9 Å². The van der Waals surface area contributed by atoms with Crippen molar-refractivity contribution in [1.29, 1.82) is 0 Å². The first-order chi connectivity index (χ1) is 9.19. The first-order valence-corrected chi connectivity index (χ1v) is 9.30. The number of sulfonamides is 1. The maximum Gasteiger partial charge on any atom is 0.324 e. The maximum atomic E-state index is 12.2. The number of halogens is 2. The van der Waals surface area contributed by atoms with E-state index in [-0.39, 0.29) is 16.7 Å². The van der Waals surface area contributed by atoms with Crippen LogP contribution in [0.2, 0.25) is 4.34 Å². The highest BCUT2D eigenvalue weighted by molar-refractivity contribution is 9.10. The highest BCUT2D eigenvalue weighted by atomic mass is 79.9. The summed E-state index contributed by atoms with van der Waals surface area (Å²) < 4.78 is 32.6. The molecular weight excluding hydrogens is 390 g/mol. The van der Waals surface area contributed by atoms with Gasteiger partial charge in [-0.25, -0.2) is 8.42 Å². The Hall–Kier alpha value is -0.150. The maximum absolute atomic E-state index is 12.2. The van der Waals surface area contributed by atoms with Crippen molar-refractivity contribution >= 4 is 54.9 Å². The van der Waals surface area contributed by atoms with Crippen LogP contribution in [-0.4, -0.2) is 27.0 Å². The molecule has 1 atom stereocenters. The number of esters is 1. The minimum atomic E-state index is -3.82. The summed E-state index contributed by atoms with van der Waals surface area (Å²) in [5.41, 5.74) is 0. The van der Waals surface area contributed by atoms with Crippen molar-refractivity contribution in [1.82, 2.24) is 4.72 Å². The fourth-order valence-electron chi connectivity index (χ4n) is 1.37. The Kier molecular flexibility index (Phi) is 6.46. The molecule has 0 bridgehead atoms. The van der Waals surface area contributed by atoms with Crippen molar-refractivity contribution in [3.63, 3.8) is 0 Å². The molecule has 5 nitrogen and oxygen atoms in total. The smallest absolute Gasteiger partial charge is 0.324 e. The van der Waals surface area contributed by atoms with Crippen molar-refractivity contribution in [3.8, 4) is 0 Å². The van der Waals surface area contributed by atoms with E-state index in [0.29, 0.717) is 8.81 Å². The molecule has 0 aliphatic rings. The van der Waals surface area contributed by atoms with Gasteiger partial charge in [-0.15, -0.1) is 11.3 Å². The standard InChI is InChI=1S/C11H15BrClNO4S2/c1-4-18-11(15)9(6(2)3)14-20(16,17)8-5-7(12)10(13)19-8/h5-6,9,14H,4H2,1-3H3/t9-/m0/s1. The number of rotatable bonds is 6. The van der Waals surface area contributed by atoms with E-state index in [2.05, 4.69) is 20.7 Å². The second kappa shape index (κ2) is 7.22. The first-order valence-electron chi connectivity index (χ1n) is 5.82. The number of thiophene rings is 1. The van der Waals surface area contributed by atoms with Crippen molar-refractivity contribution in [2.75, 3.05) is 6.61 Å². The molecule has 20 heavy (non-hydrogen) atoms. The van der Waals surface area contributed by atoms with E-state index in [9.17, 15) is 13.2 Å². The van der Waals surface area contributed by atoms with Gasteiger partial charge < -0.3 is 4.74 Å². The van der Waals surface area contributed by atoms with Gasteiger partial charge in [0.2, 0.25) is 0 Å². The largest absolute Gasteiger partial charge is 0.465 e. The van der Waals surface area contributed by atoms with Crippen molar-refractivity contribution in [2.24, 2.45) is 5.92 Å². The zero-order valence-corrected chi connectivity index (χ0v) is 15.1. The zero-order chi connectivity index (χ0) is 15.5. The summed E-state index contributed by atoms with van der Waals surface area (Å²) >= 11 is 9.90. The fourth-order valence-corrected chi connectivity index (χ4v) is 5.02. The Bertz CT molecular complexity index is 566. The lowest BCUT2D eigenvalue weighted by Crippen LogP contribution is -2.45. The molecule has 0 aromatic carbocycles. The highest BCUT2D eigenvalue weighted by Crippen LogP contribution is 2.34. The molecule has 0 saturated heterocycles. The van der Waals surface area contributed by atoms with Crippen LogP contribution >= 0.6 is 38.9 Å². The normalized spacial score (nSPS) is 13.5. The molecule has 1 N–H and O–H groups in total. The Balaban J connectivity index is 3.00. The Labute approximate surface area is 135 Å². The van der Waals surface area contributed by atoms with Gasteiger partial charge in [-0.3, -0.25) is 4.79 Å². The van der Waals surface area contributed by atoms with Crippen molar-refractivity contribution in [2.45, 2.75) is 31.0 Å². The predicted octanol–water partition coefficient (Wildman–Crippen LogP) is 3.03. The van der Waals surface area contributed by atoms with Crippen LogP contribution in [0.25, 0.3) is 0 Å². The van der Waals surface area contributed by atoms with Gasteiger partial charge in [-0.2, -0.15) is 4.72 Å². The van der Waals surface area contributed by atoms with Crippen LogP contribution in [0.5, 0.6) is 0 Å². The van der Waals surface area contributed by atoms with E-state index in [0.717, 1.165) is 11.3 Å². The minimum Gasteiger partial charge on any atom is -0.465 e. The van der Waals surface area contributed by atoms with Gasteiger partial charge in [0.15, 0.2) is 0 Å². The molecule has 1 rings (SSSR count). The summed E-state index contributed by atoms with van der Waals surface area (Å²) in [5.74, 6) is -0.824. The van der Waals surface area contributed by atoms with Gasteiger partial charge in [-0.1, -0.05) is 25.4 Å². The Morgan fingerprint density at radius 2 is 2.15 bits per heavy atom. The van der Waals surface area contributed by atoms with Crippen LogP contribution in [0.15, 0.2) is 14.7 Å². The van der Waals surface area contributed by atoms with Crippen LogP contribution in [0.3, 0.4) is 0 Å². The topological polar surface area (TPSA) is 72.5 Å². The summed E-state index contributed by atoms with van der Waals surface area (Å²) in [6.45, 7) is 5.34. The predicted molar refractivity (Wildman–Crippen MR) is 82.6 cm³/mol. The third-order valence-corrected chi connectivity index (χ3v) is 6.77. The van der Waals surface area contributed by atoms with Crippen molar-refractivity contribution in [3.05, 3.63) is 14.9 Å². The van der Waals surface area contributed by atoms with E-state index in [1.807, 2.05) is 0 Å². The molecule has 114 valence electrons. The lowest BCUT2D eigenvalue weighted by molar-refractivity contribution is -0.146. The number of nitrogens with one attached hydrogen (secondary N) is 1. The van der Waals surface area contributed by atoms with Gasteiger partial charge in [0.1, 0.15) is 14.6 Å². The van der Waals surface area contributed by atoms with Crippen LogP contribution in [0.4, 0.5) is 0 Å². The second-order valence-corrected chi connectivity index (χ2v) is 8.73. The number of hydrogen-bond donors (Lipinski definition) is 1. The number of carbonyl (C=O) groups is 1. The average molecular weight is 405 g/mol. The summed E-state index contributed by atoms with van der Waals surface area (Å²) in [4.78, 5) is 11.8. The minimum absolute atomic E-state index is 0.0457. The Morgan fingerprint density at radius 1 is 1.55 bits per heavy atom. The molecule has 1 heterocycles. The molecule has 0 aliphatic heterocycles. The summed E-state index contributed by atoms with van der Waals surface area (Å²) in [6.07, 6.45) is 0. The van der Waals surface area contributed by atoms with E-state index in [1.165, 1.54) is 6.07 Å². The van der Waals surface area contributed by atoms with Crippen LogP contribution < -0.4 is 4.72 Å². The lowest BCUT2D eigenvalue weighted by atomic mass is 10.1. The van der Waals surface area contributed by atoms with Crippen LogP contribution in [0, 0.1) is 5.92 Å². The molecule has 0 unspecified atom stereocenters. The molecule has 0 saturated carbocycles. The SMILES string of the molecule is CCOC(=O)[C@@H](NS(=O)(=O)c1cc(Br)c(Cl)s1)C(C)C. The molecule has 0 fully saturated rings. The zero-order valence-electron chi connectivity index (χ0n) is 11.1. The number of carbonyl (C=O) groups excluding carboxylic acids is 1. The second-order valence-electron chi connectivity index (χ2n) is 4.28. The van der Waals surface area contributed by atoms with E-state index in [1.54, 1.807) is 20.8 Å². The van der Waals surface area contributed by atoms with E-state index in [4.69, 9.17) is 16.3 Å². The highest BCUT2D eigenvalue weighted by Gasteiger charge is 2.30. The number of ether oxygens (including phenoxy) is 1. The summed E-state index contributed by atoms with van der Waals surface area (Å²) in [6, 6.07) is 0.470. The monoisotopic (exact) mass is 403 g/mol. The Morgan fingerprint density at radius 3 is 2.55 bits per heavy atom. The van der Waals surface area contributed by atoms with E-state index < -0.39 is 22.0 Å². The fraction of sp³-hybridized carbons (Fsp3) is 0.545. The molecular formula is C11H15BrClNO4S2. The third-order valence-electron chi connectivity index (χ3n) is 2.38. The van der Waals surface area contributed by atoms with Gasteiger partial charge in [0, 0.05) is 4.47 Å². The molecule has 0 amide bonds. The van der Waals surface area contributed by atoms with Gasteiger partial charge in [-0.05, 0) is 34.8 Å². The molecule has 0 spiro atoms. The van der Waals surface area contributed by atoms with Crippen LogP contribution in [0.1, 0.15) is 20.8 Å². The molecule has 0 aliphatic carbocycles. The van der Waals surface area contributed by atoms with E-state index >= 15 is 0 Å². The molecule has 9 heteroatoms. The lowest BCUT2D eigenvalue weighted by Gasteiger charge is -2.19. The van der Waals surface area contributed by atoms with Crippen LogP contribution in [-0.2, 0) is 19.6 Å². The first kappa shape index (κ1) is 17.9. The summed E-state index contributed by atoms with van der Waals surface area (Å²) in [7, 11) is -3.82. The molecule has 1 aromatic rings. The molecule has 0 radical (unpaired) electrons. The molecule has 1 aromatic heterocycles. The quantitative estimate of drug-likeness (QED) is 0.740. The van der Waals surface area contributed by atoms with Gasteiger partial charge >= 0.3 is 5.97 Å². The average Bonchev–Trinajstić information content (AvgIpc) is 2.67. The van der Waals surface area contributed by atoms with Gasteiger partial charge in [0.05, 0.1) is 6.61 Å². The number of hydrogen-bond acceptors (Lipinski definition) is 5. The van der Waals surface area contributed by atoms with Gasteiger partial charge in [0.25, 0.3) is 10.0 Å².